The van der Waals surface area contributed by atoms with Gasteiger partial charge in [0, 0.05) is 33.5 Å². The molecule has 0 rings (SSSR count). The van der Waals surface area contributed by atoms with Crippen LogP contribution in [0.1, 0.15) is 110 Å². The van der Waals surface area contributed by atoms with E-state index in [0.717, 1.165) is 23.9 Å². The van der Waals surface area contributed by atoms with E-state index in [1.165, 1.54) is 88.9 Å². The van der Waals surface area contributed by atoms with Crippen LogP contribution in [0, 0.1) is 0 Å². The third-order valence-corrected chi connectivity index (χ3v) is 7.52. The number of phosphoric acid groups is 1. The van der Waals surface area contributed by atoms with Gasteiger partial charge in [0.2, 0.25) is 5.91 Å². The number of carbonyl (C=O) groups excluding carboxylic acids is 1. The molecule has 0 fully saturated rings. The molecule has 0 radical (unpaired) electrons. The molecule has 0 saturated carbocycles. The van der Waals surface area contributed by atoms with E-state index in [1.54, 1.807) is 7.05 Å². The lowest BCUT2D eigenvalue weighted by atomic mass is 10.0. The van der Waals surface area contributed by atoms with Gasteiger partial charge in [-0.05, 0) is 6.42 Å². The number of hydrogen-bond donors (Lipinski definition) is 0. The molecule has 0 aliphatic heterocycles. The quantitative estimate of drug-likeness (QED) is 0.0754. The van der Waals surface area contributed by atoms with Crippen molar-refractivity contribution in [1.29, 1.82) is 0 Å². The summed E-state index contributed by atoms with van der Waals surface area (Å²) in [6.45, 7) is 5.34. The number of ether oxygens (including phenoxy) is 1. The molecule has 0 bridgehead atoms. The number of carbonyl (C=O) groups is 1. The standard InChI is InChI=1S/C28H59N2O6P/c1-7-8-9-10-11-12-13-14-15-16-17-18-19-20-23-34-26-28(25-29(3)27(2)31)36-37(32,33)35-24-21-22-30(4,5)6/h28H,7-26H2,1-6H3. The molecule has 222 valence electrons. The summed E-state index contributed by atoms with van der Waals surface area (Å²) in [4.78, 5) is 25.4. The van der Waals surface area contributed by atoms with Crippen molar-refractivity contribution in [2.45, 2.75) is 116 Å². The highest BCUT2D eigenvalue weighted by Crippen LogP contribution is 2.40. The molecule has 0 aliphatic carbocycles. The topological polar surface area (TPSA) is 88.1 Å². The van der Waals surface area contributed by atoms with E-state index in [0.29, 0.717) is 13.0 Å². The number of phosphoric ester groups is 1. The summed E-state index contributed by atoms with van der Waals surface area (Å²) in [5.74, 6) is -0.162. The lowest BCUT2D eigenvalue weighted by Gasteiger charge is -2.30. The van der Waals surface area contributed by atoms with Gasteiger partial charge >= 0.3 is 0 Å². The van der Waals surface area contributed by atoms with Gasteiger partial charge in [-0.1, -0.05) is 90.4 Å². The first-order valence-corrected chi connectivity index (χ1v) is 16.2. The van der Waals surface area contributed by atoms with Crippen LogP contribution in [-0.4, -0.2) is 82.5 Å². The van der Waals surface area contributed by atoms with Crippen molar-refractivity contribution in [1.82, 2.24) is 4.90 Å². The average Bonchev–Trinajstić information content (AvgIpc) is 2.80. The van der Waals surface area contributed by atoms with Gasteiger partial charge in [-0.3, -0.25) is 9.36 Å². The minimum Gasteiger partial charge on any atom is -0.756 e. The van der Waals surface area contributed by atoms with Gasteiger partial charge in [-0.25, -0.2) is 0 Å². The highest BCUT2D eigenvalue weighted by molar-refractivity contribution is 7.45. The largest absolute Gasteiger partial charge is 0.756 e. The second-order valence-corrected chi connectivity index (χ2v) is 12.8. The Morgan fingerprint density at radius 1 is 0.838 bits per heavy atom. The SMILES string of the molecule is CCCCCCCCCCCCCCCCOCC(CN(C)C(C)=O)OP(=O)([O-])OCCC[N+](C)(C)C. The molecule has 0 spiro atoms. The lowest BCUT2D eigenvalue weighted by molar-refractivity contribution is -0.870. The fraction of sp³-hybridized carbons (Fsp3) is 0.964. The molecule has 0 N–H and O–H groups in total. The second kappa shape index (κ2) is 22.3. The molecule has 2 atom stereocenters. The van der Waals surface area contributed by atoms with Crippen molar-refractivity contribution in [2.24, 2.45) is 0 Å². The highest BCUT2D eigenvalue weighted by Gasteiger charge is 2.21. The van der Waals surface area contributed by atoms with Gasteiger partial charge < -0.3 is 28.1 Å². The van der Waals surface area contributed by atoms with Crippen LogP contribution in [-0.2, 0) is 23.1 Å². The van der Waals surface area contributed by atoms with Gasteiger partial charge in [0.1, 0.15) is 6.10 Å². The van der Waals surface area contributed by atoms with Gasteiger partial charge in [-0.15, -0.1) is 0 Å². The maximum absolute atomic E-state index is 12.3. The molecule has 0 saturated heterocycles. The van der Waals surface area contributed by atoms with E-state index < -0.39 is 13.9 Å². The predicted octanol–water partition coefficient (Wildman–Crippen LogP) is 5.93. The Morgan fingerprint density at radius 2 is 1.32 bits per heavy atom. The second-order valence-electron chi connectivity index (χ2n) is 11.4. The Labute approximate surface area is 228 Å². The van der Waals surface area contributed by atoms with Crippen molar-refractivity contribution < 1.29 is 32.5 Å². The van der Waals surface area contributed by atoms with Gasteiger partial charge in [0.15, 0.2) is 0 Å². The molecule has 9 heteroatoms. The van der Waals surface area contributed by atoms with Crippen LogP contribution in [0.15, 0.2) is 0 Å². The van der Waals surface area contributed by atoms with Crippen LogP contribution < -0.4 is 4.89 Å². The van der Waals surface area contributed by atoms with Crippen molar-refractivity contribution in [2.75, 3.05) is 61.1 Å². The van der Waals surface area contributed by atoms with E-state index in [1.807, 2.05) is 21.1 Å². The number of rotatable bonds is 26. The van der Waals surface area contributed by atoms with Gasteiger partial charge in [0.05, 0.1) is 40.9 Å². The van der Waals surface area contributed by atoms with Gasteiger partial charge in [0.25, 0.3) is 7.82 Å². The molecule has 0 aromatic heterocycles. The minimum absolute atomic E-state index is 0.0749. The normalized spacial score (nSPS) is 14.5. The zero-order chi connectivity index (χ0) is 28.0. The van der Waals surface area contributed by atoms with Gasteiger partial charge in [-0.2, -0.15) is 0 Å². The van der Waals surface area contributed by atoms with Crippen LogP contribution in [0.25, 0.3) is 0 Å². The zero-order valence-corrected chi connectivity index (χ0v) is 25.9. The minimum atomic E-state index is -4.48. The smallest absolute Gasteiger partial charge is 0.268 e. The summed E-state index contributed by atoms with van der Waals surface area (Å²) in [6.07, 6.45) is 18.0. The third-order valence-electron chi connectivity index (χ3n) is 6.46. The number of amides is 1. The summed E-state index contributed by atoms with van der Waals surface area (Å²) in [5.41, 5.74) is 0. The van der Waals surface area contributed by atoms with Crippen molar-refractivity contribution in [3.63, 3.8) is 0 Å². The summed E-state index contributed by atoms with van der Waals surface area (Å²) < 4.78 is 29.1. The van der Waals surface area contributed by atoms with Crippen LogP contribution in [0.5, 0.6) is 0 Å². The first-order valence-electron chi connectivity index (χ1n) is 14.7. The predicted molar refractivity (Wildman–Crippen MR) is 150 cm³/mol. The molecular weight excluding hydrogens is 491 g/mol. The number of quaternary nitrogens is 1. The van der Waals surface area contributed by atoms with Crippen LogP contribution in [0.4, 0.5) is 0 Å². The number of nitrogens with zero attached hydrogens (tertiary/aromatic N) is 2. The summed E-state index contributed by atoms with van der Waals surface area (Å²) >= 11 is 0. The van der Waals surface area contributed by atoms with E-state index in [2.05, 4.69) is 6.92 Å². The summed E-state index contributed by atoms with van der Waals surface area (Å²) in [7, 11) is 3.25. The third kappa shape index (κ3) is 25.5. The molecule has 37 heavy (non-hydrogen) atoms. The first kappa shape index (κ1) is 36.5. The van der Waals surface area contributed by atoms with E-state index in [-0.39, 0.29) is 25.7 Å². The molecule has 1 amide bonds. The highest BCUT2D eigenvalue weighted by atomic mass is 31.2. The molecule has 2 unspecified atom stereocenters. The first-order chi connectivity index (χ1) is 17.5. The lowest BCUT2D eigenvalue weighted by Crippen LogP contribution is -2.37. The molecule has 0 aromatic carbocycles. The Kier molecular flexibility index (Phi) is 22.0. The van der Waals surface area contributed by atoms with Crippen molar-refractivity contribution in [3.05, 3.63) is 0 Å². The molecule has 0 heterocycles. The molecular formula is C28H59N2O6P. The Bertz CT molecular complexity index is 600. The zero-order valence-electron chi connectivity index (χ0n) is 25.0. The molecule has 0 aromatic rings. The van der Waals surface area contributed by atoms with E-state index >= 15 is 0 Å². The Hall–Kier alpha value is -0.500. The monoisotopic (exact) mass is 550 g/mol. The van der Waals surface area contributed by atoms with E-state index in [4.69, 9.17) is 13.8 Å². The molecule has 8 nitrogen and oxygen atoms in total. The maximum atomic E-state index is 12.3. The fourth-order valence-corrected chi connectivity index (χ4v) is 5.00. The number of likely N-dealkylation sites (N-methyl/N-ethyl adjacent to an activating group) is 1. The molecule has 0 aliphatic rings. The van der Waals surface area contributed by atoms with Crippen LogP contribution >= 0.6 is 7.82 Å². The summed E-state index contributed by atoms with van der Waals surface area (Å²) in [6, 6.07) is 0. The van der Waals surface area contributed by atoms with Crippen molar-refractivity contribution >= 4 is 13.7 Å². The Morgan fingerprint density at radius 3 is 1.78 bits per heavy atom. The maximum Gasteiger partial charge on any atom is 0.268 e. The van der Waals surface area contributed by atoms with Crippen LogP contribution in [0.3, 0.4) is 0 Å². The van der Waals surface area contributed by atoms with E-state index in [9.17, 15) is 14.3 Å². The number of unbranched alkanes of at least 4 members (excludes halogenated alkanes) is 13. The number of hydrogen-bond acceptors (Lipinski definition) is 6. The summed E-state index contributed by atoms with van der Waals surface area (Å²) in [5, 5.41) is 0. The van der Waals surface area contributed by atoms with Crippen molar-refractivity contribution in [3.8, 4) is 0 Å². The average molecular weight is 551 g/mol. The van der Waals surface area contributed by atoms with Crippen LogP contribution in [0.2, 0.25) is 0 Å². The Balaban J connectivity index is 4.01. The fourth-order valence-electron chi connectivity index (χ4n) is 4.09.